The van der Waals surface area contributed by atoms with E-state index < -0.39 is 6.09 Å². The SMILES string of the molecule is CC(c1ccc(-c2cnc3ccccc3c2)cc1)C1CCN(C(=O)O)CC1. The maximum atomic E-state index is 11.1. The molecule has 0 aliphatic carbocycles. The number of rotatable bonds is 3. The minimum atomic E-state index is -0.797. The number of para-hydroxylation sites is 1. The third-order valence-corrected chi connectivity index (χ3v) is 5.88. The first-order valence-electron chi connectivity index (χ1n) is 9.55. The van der Waals surface area contributed by atoms with Crippen LogP contribution in [0.5, 0.6) is 0 Å². The number of nitrogens with zero attached hydrogens (tertiary/aromatic N) is 2. The zero-order valence-electron chi connectivity index (χ0n) is 15.5. The number of hydrogen-bond donors (Lipinski definition) is 1. The number of fused-ring (bicyclic) bond motifs is 1. The number of aromatic nitrogens is 1. The highest BCUT2D eigenvalue weighted by molar-refractivity contribution is 5.83. The van der Waals surface area contributed by atoms with Crippen molar-refractivity contribution < 1.29 is 9.90 Å². The molecule has 0 spiro atoms. The van der Waals surface area contributed by atoms with Crippen LogP contribution >= 0.6 is 0 Å². The first-order chi connectivity index (χ1) is 13.1. The van der Waals surface area contributed by atoms with Gasteiger partial charge in [-0.05, 0) is 47.9 Å². The maximum Gasteiger partial charge on any atom is 0.407 e. The van der Waals surface area contributed by atoms with Crippen LogP contribution in [-0.2, 0) is 0 Å². The lowest BCUT2D eigenvalue weighted by Crippen LogP contribution is -2.38. The Hall–Kier alpha value is -2.88. The molecule has 27 heavy (non-hydrogen) atoms. The van der Waals surface area contributed by atoms with Crippen molar-refractivity contribution in [2.75, 3.05) is 13.1 Å². The van der Waals surface area contributed by atoms with Gasteiger partial charge in [0.15, 0.2) is 0 Å². The van der Waals surface area contributed by atoms with Crippen molar-refractivity contribution in [2.45, 2.75) is 25.7 Å². The predicted octanol–water partition coefficient (Wildman–Crippen LogP) is 5.40. The van der Waals surface area contributed by atoms with E-state index in [1.165, 1.54) is 16.0 Å². The lowest BCUT2D eigenvalue weighted by Gasteiger charge is -2.33. The Balaban J connectivity index is 1.49. The van der Waals surface area contributed by atoms with E-state index >= 15 is 0 Å². The van der Waals surface area contributed by atoms with Gasteiger partial charge in [-0.1, -0.05) is 49.4 Å². The molecule has 1 amide bonds. The average molecular weight is 360 g/mol. The van der Waals surface area contributed by atoms with E-state index in [9.17, 15) is 4.79 Å². The molecule has 1 aliphatic heterocycles. The van der Waals surface area contributed by atoms with E-state index in [0.29, 0.717) is 24.9 Å². The summed E-state index contributed by atoms with van der Waals surface area (Å²) >= 11 is 0. The van der Waals surface area contributed by atoms with Gasteiger partial charge in [-0.3, -0.25) is 4.98 Å². The van der Waals surface area contributed by atoms with Crippen LogP contribution in [0.3, 0.4) is 0 Å². The Kier molecular flexibility index (Phi) is 4.80. The van der Waals surface area contributed by atoms with Gasteiger partial charge < -0.3 is 10.0 Å². The number of carbonyl (C=O) groups is 1. The fraction of sp³-hybridized carbons (Fsp3) is 0.304. The molecule has 2 heterocycles. The molecule has 1 N–H and O–H groups in total. The summed E-state index contributed by atoms with van der Waals surface area (Å²) in [6.07, 6.45) is 3.00. The van der Waals surface area contributed by atoms with Crippen LogP contribution < -0.4 is 0 Å². The fourth-order valence-electron chi connectivity index (χ4n) is 4.07. The Bertz CT molecular complexity index is 944. The second kappa shape index (κ2) is 7.39. The first-order valence-corrected chi connectivity index (χ1v) is 9.55. The standard InChI is InChI=1S/C23H24N2O2/c1-16(18-10-12-25(13-11-18)23(26)27)17-6-8-19(9-7-17)21-14-20-4-2-3-5-22(20)24-15-21/h2-9,14-16,18H,10-13H2,1H3,(H,26,27). The molecule has 4 nitrogen and oxygen atoms in total. The van der Waals surface area contributed by atoms with E-state index in [1.807, 2.05) is 24.4 Å². The molecule has 1 unspecified atom stereocenters. The van der Waals surface area contributed by atoms with E-state index in [-0.39, 0.29) is 0 Å². The topological polar surface area (TPSA) is 53.4 Å². The van der Waals surface area contributed by atoms with Gasteiger partial charge in [0.2, 0.25) is 0 Å². The average Bonchev–Trinajstić information content (AvgIpc) is 2.73. The summed E-state index contributed by atoms with van der Waals surface area (Å²) in [5, 5.41) is 10.3. The molecule has 1 saturated heterocycles. The summed E-state index contributed by atoms with van der Waals surface area (Å²) in [6.45, 7) is 3.55. The third-order valence-electron chi connectivity index (χ3n) is 5.88. The van der Waals surface area contributed by atoms with Gasteiger partial charge in [0.1, 0.15) is 0 Å². The monoisotopic (exact) mass is 360 g/mol. The molecule has 4 heteroatoms. The molecule has 1 fully saturated rings. The summed E-state index contributed by atoms with van der Waals surface area (Å²) in [7, 11) is 0. The van der Waals surface area contributed by atoms with Crippen LogP contribution in [0.2, 0.25) is 0 Å². The Morgan fingerprint density at radius 1 is 1.07 bits per heavy atom. The van der Waals surface area contributed by atoms with Crippen LogP contribution in [-0.4, -0.2) is 34.2 Å². The molecule has 1 aliphatic rings. The molecule has 4 rings (SSSR count). The summed E-state index contributed by atoms with van der Waals surface area (Å²) < 4.78 is 0. The number of amides is 1. The molecular formula is C23H24N2O2. The van der Waals surface area contributed by atoms with Gasteiger partial charge in [-0.15, -0.1) is 0 Å². The van der Waals surface area contributed by atoms with Gasteiger partial charge in [-0.25, -0.2) is 4.79 Å². The number of benzene rings is 2. The fourth-order valence-corrected chi connectivity index (χ4v) is 4.07. The van der Waals surface area contributed by atoms with E-state index in [2.05, 4.69) is 48.3 Å². The normalized spacial score (nSPS) is 16.4. The van der Waals surface area contributed by atoms with Crippen molar-refractivity contribution in [3.05, 3.63) is 66.4 Å². The van der Waals surface area contributed by atoms with Gasteiger partial charge in [0, 0.05) is 30.2 Å². The van der Waals surface area contributed by atoms with Crippen molar-refractivity contribution in [1.29, 1.82) is 0 Å². The van der Waals surface area contributed by atoms with Crippen molar-refractivity contribution in [3.8, 4) is 11.1 Å². The van der Waals surface area contributed by atoms with Crippen LogP contribution in [0.1, 0.15) is 31.2 Å². The molecule has 1 atom stereocenters. The molecule has 0 bridgehead atoms. The quantitative estimate of drug-likeness (QED) is 0.681. The van der Waals surface area contributed by atoms with Gasteiger partial charge in [0.05, 0.1) is 5.52 Å². The van der Waals surface area contributed by atoms with Crippen LogP contribution in [0.25, 0.3) is 22.0 Å². The van der Waals surface area contributed by atoms with E-state index in [0.717, 1.165) is 29.3 Å². The molecule has 2 aromatic carbocycles. The van der Waals surface area contributed by atoms with Crippen LogP contribution in [0.4, 0.5) is 4.79 Å². The summed E-state index contributed by atoms with van der Waals surface area (Å²) in [6, 6.07) is 19.1. The van der Waals surface area contributed by atoms with E-state index in [4.69, 9.17) is 5.11 Å². The second-order valence-corrected chi connectivity index (χ2v) is 7.43. The highest BCUT2D eigenvalue weighted by atomic mass is 16.4. The summed E-state index contributed by atoms with van der Waals surface area (Å²) in [5.74, 6) is 0.971. The first kappa shape index (κ1) is 17.5. The number of carboxylic acid groups (broad SMARTS) is 1. The molecule has 1 aromatic heterocycles. The van der Waals surface area contributed by atoms with Crippen LogP contribution in [0.15, 0.2) is 60.8 Å². The predicted molar refractivity (Wildman–Crippen MR) is 108 cm³/mol. The van der Waals surface area contributed by atoms with Crippen molar-refractivity contribution in [1.82, 2.24) is 9.88 Å². The van der Waals surface area contributed by atoms with Gasteiger partial charge >= 0.3 is 6.09 Å². The van der Waals surface area contributed by atoms with E-state index in [1.54, 1.807) is 0 Å². The number of likely N-dealkylation sites (tertiary alicyclic amines) is 1. The number of pyridine rings is 1. The lowest BCUT2D eigenvalue weighted by molar-refractivity contribution is 0.121. The summed E-state index contributed by atoms with van der Waals surface area (Å²) in [5.41, 5.74) is 4.63. The van der Waals surface area contributed by atoms with Gasteiger partial charge in [0.25, 0.3) is 0 Å². The highest BCUT2D eigenvalue weighted by Crippen LogP contribution is 2.33. The second-order valence-electron chi connectivity index (χ2n) is 7.43. The highest BCUT2D eigenvalue weighted by Gasteiger charge is 2.26. The Morgan fingerprint density at radius 2 is 1.78 bits per heavy atom. The third kappa shape index (κ3) is 3.65. The number of hydrogen-bond acceptors (Lipinski definition) is 2. The summed E-state index contributed by atoms with van der Waals surface area (Å²) in [4.78, 5) is 17.2. The largest absolute Gasteiger partial charge is 0.465 e. The van der Waals surface area contributed by atoms with Gasteiger partial charge in [-0.2, -0.15) is 0 Å². The van der Waals surface area contributed by atoms with Crippen molar-refractivity contribution in [3.63, 3.8) is 0 Å². The smallest absolute Gasteiger partial charge is 0.407 e. The van der Waals surface area contributed by atoms with Crippen LogP contribution in [0, 0.1) is 5.92 Å². The minimum absolute atomic E-state index is 0.435. The Labute approximate surface area is 159 Å². The number of piperidine rings is 1. The molecular weight excluding hydrogens is 336 g/mol. The Morgan fingerprint density at radius 3 is 2.48 bits per heavy atom. The molecule has 138 valence electrons. The van der Waals surface area contributed by atoms with Crippen molar-refractivity contribution in [2.24, 2.45) is 5.92 Å². The molecule has 0 radical (unpaired) electrons. The zero-order chi connectivity index (χ0) is 18.8. The van der Waals surface area contributed by atoms with Crippen molar-refractivity contribution >= 4 is 17.0 Å². The molecule has 0 saturated carbocycles. The molecule has 3 aromatic rings. The zero-order valence-corrected chi connectivity index (χ0v) is 15.5. The maximum absolute atomic E-state index is 11.1. The minimum Gasteiger partial charge on any atom is -0.465 e. The lowest BCUT2D eigenvalue weighted by atomic mass is 9.81.